The topological polar surface area (TPSA) is 70.7 Å². The molecule has 158 valence electrons. The molecule has 2 N–H and O–H groups in total. The molecule has 29 heavy (non-hydrogen) atoms. The second-order valence-electron chi connectivity index (χ2n) is 8.69. The van der Waals surface area contributed by atoms with Crippen molar-refractivity contribution in [2.45, 2.75) is 51.7 Å². The lowest BCUT2D eigenvalue weighted by Gasteiger charge is -2.55. The minimum absolute atomic E-state index is 0.0329. The lowest BCUT2D eigenvalue weighted by Crippen LogP contribution is -2.66. The van der Waals surface area contributed by atoms with E-state index in [2.05, 4.69) is 29.4 Å². The van der Waals surface area contributed by atoms with Crippen LogP contribution in [-0.4, -0.2) is 48.6 Å². The van der Waals surface area contributed by atoms with Crippen molar-refractivity contribution >= 4 is 11.8 Å². The van der Waals surface area contributed by atoms with Crippen LogP contribution in [0.3, 0.4) is 0 Å². The van der Waals surface area contributed by atoms with E-state index in [9.17, 15) is 9.59 Å². The molecule has 0 saturated heterocycles. The lowest BCUT2D eigenvalue weighted by atomic mass is 9.60. The minimum atomic E-state index is -0.645. The number of carbonyl (C=O) groups is 2. The molecular formula is C23H33N3O3. The van der Waals surface area contributed by atoms with Crippen LogP contribution < -0.4 is 15.4 Å². The zero-order chi connectivity index (χ0) is 20.4. The Labute approximate surface area is 173 Å². The Kier molecular flexibility index (Phi) is 5.81. The van der Waals surface area contributed by atoms with Crippen molar-refractivity contribution in [1.29, 1.82) is 0 Å². The Morgan fingerprint density at radius 3 is 2.79 bits per heavy atom. The third-order valence-electron chi connectivity index (χ3n) is 7.15. The summed E-state index contributed by atoms with van der Waals surface area (Å²) in [6.45, 7) is 8.19. The highest BCUT2D eigenvalue weighted by Crippen LogP contribution is 2.52. The molecule has 1 aromatic carbocycles. The molecule has 1 aromatic rings. The number of nitrogens with one attached hydrogen (secondary N) is 2. The van der Waals surface area contributed by atoms with Crippen molar-refractivity contribution in [3.8, 4) is 5.75 Å². The van der Waals surface area contributed by atoms with Gasteiger partial charge in [0.2, 0.25) is 5.91 Å². The van der Waals surface area contributed by atoms with Gasteiger partial charge >= 0.3 is 0 Å². The number of carbonyl (C=O) groups excluding carboxylic acids is 2. The van der Waals surface area contributed by atoms with Crippen LogP contribution in [0.2, 0.25) is 0 Å². The number of hydrogen-bond acceptors (Lipinski definition) is 4. The standard InChI is InChI=1S/C23H33N3O3/c1-3-26(4-2)13-7-12-24-21(27)19-14-17-11-10-16(19)15-23(17)25-22(28)18-8-5-6-9-20(18)29-23/h5-6,8-9,16-17,19H,3-4,7,10-15H2,1-2H3,(H,24,27)(H,25,28)/t16-,17+,19-,23+/m1/s1. The Morgan fingerprint density at radius 1 is 1.28 bits per heavy atom. The number of amides is 2. The van der Waals surface area contributed by atoms with Crippen molar-refractivity contribution in [3.05, 3.63) is 29.8 Å². The molecule has 0 unspecified atom stereocenters. The van der Waals surface area contributed by atoms with Gasteiger partial charge in [-0.1, -0.05) is 26.0 Å². The number of para-hydroxylation sites is 1. The third kappa shape index (κ3) is 3.87. The fourth-order valence-corrected chi connectivity index (χ4v) is 5.47. The molecule has 5 rings (SSSR count). The number of rotatable bonds is 7. The highest BCUT2D eigenvalue weighted by molar-refractivity contribution is 5.98. The van der Waals surface area contributed by atoms with Crippen molar-refractivity contribution < 1.29 is 14.3 Å². The van der Waals surface area contributed by atoms with E-state index in [0.29, 0.717) is 11.3 Å². The maximum Gasteiger partial charge on any atom is 0.258 e. The van der Waals surface area contributed by atoms with Crippen LogP contribution in [0.15, 0.2) is 24.3 Å². The van der Waals surface area contributed by atoms with Crippen molar-refractivity contribution in [2.24, 2.45) is 17.8 Å². The van der Waals surface area contributed by atoms with Gasteiger partial charge in [0.25, 0.3) is 5.91 Å². The molecule has 6 nitrogen and oxygen atoms in total. The van der Waals surface area contributed by atoms with E-state index in [1.807, 2.05) is 18.2 Å². The monoisotopic (exact) mass is 399 g/mol. The highest BCUT2D eigenvalue weighted by Gasteiger charge is 2.57. The van der Waals surface area contributed by atoms with Crippen molar-refractivity contribution in [1.82, 2.24) is 15.5 Å². The van der Waals surface area contributed by atoms with Gasteiger partial charge in [0, 0.05) is 24.8 Å². The Bertz CT molecular complexity index is 763. The summed E-state index contributed by atoms with van der Waals surface area (Å²) in [5.41, 5.74) is -0.0458. The van der Waals surface area contributed by atoms with Crippen LogP contribution in [0.1, 0.15) is 56.3 Å². The van der Waals surface area contributed by atoms with Crippen molar-refractivity contribution in [3.63, 3.8) is 0 Å². The predicted octanol–water partition coefficient (Wildman–Crippen LogP) is 2.79. The summed E-state index contributed by atoms with van der Waals surface area (Å²) in [5.74, 6) is 1.25. The maximum atomic E-state index is 12.9. The first-order chi connectivity index (χ1) is 14.1. The summed E-state index contributed by atoms with van der Waals surface area (Å²) in [5, 5.41) is 6.32. The summed E-state index contributed by atoms with van der Waals surface area (Å²) >= 11 is 0. The largest absolute Gasteiger partial charge is 0.467 e. The average molecular weight is 400 g/mol. The minimum Gasteiger partial charge on any atom is -0.467 e. The Hall–Kier alpha value is -2.08. The smallest absolute Gasteiger partial charge is 0.258 e. The molecule has 1 aliphatic heterocycles. The SMILES string of the molecule is CCN(CC)CCCNC(=O)[C@@H]1C[C@@H]2CC[C@@H]1C[C@@]21NC(=O)c2ccccc2O1. The van der Waals surface area contributed by atoms with E-state index in [0.717, 1.165) is 58.3 Å². The molecule has 0 radical (unpaired) electrons. The molecular weight excluding hydrogens is 366 g/mol. The Morgan fingerprint density at radius 2 is 2.07 bits per heavy atom. The van der Waals surface area contributed by atoms with Crippen LogP contribution in [0, 0.1) is 17.8 Å². The van der Waals surface area contributed by atoms with Gasteiger partial charge in [-0.2, -0.15) is 0 Å². The van der Waals surface area contributed by atoms with Crippen molar-refractivity contribution in [2.75, 3.05) is 26.2 Å². The Balaban J connectivity index is 1.36. The van der Waals surface area contributed by atoms with E-state index >= 15 is 0 Å². The lowest BCUT2D eigenvalue weighted by molar-refractivity contribution is -0.146. The molecule has 2 bridgehead atoms. The summed E-state index contributed by atoms with van der Waals surface area (Å²) in [6, 6.07) is 7.43. The van der Waals surface area contributed by atoms with E-state index in [4.69, 9.17) is 4.74 Å². The molecule has 1 heterocycles. The van der Waals surface area contributed by atoms with E-state index in [1.54, 1.807) is 6.07 Å². The van der Waals surface area contributed by atoms with Gasteiger partial charge in [-0.3, -0.25) is 9.59 Å². The molecule has 2 amide bonds. The quantitative estimate of drug-likeness (QED) is 0.692. The summed E-state index contributed by atoms with van der Waals surface area (Å²) in [6.07, 6.45) is 4.52. The number of hydrogen-bond donors (Lipinski definition) is 2. The van der Waals surface area contributed by atoms with Gasteiger partial charge in [0.05, 0.1) is 5.56 Å². The highest BCUT2D eigenvalue weighted by atomic mass is 16.5. The van der Waals surface area contributed by atoms with E-state index < -0.39 is 5.72 Å². The van der Waals surface area contributed by atoms with Gasteiger partial charge in [0.1, 0.15) is 5.75 Å². The predicted molar refractivity (Wildman–Crippen MR) is 112 cm³/mol. The van der Waals surface area contributed by atoms with E-state index in [-0.39, 0.29) is 29.6 Å². The van der Waals surface area contributed by atoms with Crippen LogP contribution in [-0.2, 0) is 4.79 Å². The summed E-state index contributed by atoms with van der Waals surface area (Å²) in [4.78, 5) is 27.9. The van der Waals surface area contributed by atoms with E-state index in [1.165, 1.54) is 0 Å². The summed E-state index contributed by atoms with van der Waals surface area (Å²) in [7, 11) is 0. The summed E-state index contributed by atoms with van der Waals surface area (Å²) < 4.78 is 6.37. The molecule has 1 spiro atoms. The first-order valence-electron chi connectivity index (χ1n) is 11.2. The molecule has 4 aliphatic rings. The van der Waals surface area contributed by atoms with Crippen LogP contribution in [0.5, 0.6) is 5.75 Å². The molecule has 0 aromatic heterocycles. The number of nitrogens with zero attached hydrogens (tertiary/aromatic N) is 1. The second-order valence-corrected chi connectivity index (χ2v) is 8.69. The van der Waals surface area contributed by atoms with Gasteiger partial charge in [-0.25, -0.2) is 0 Å². The molecule has 3 fully saturated rings. The zero-order valence-corrected chi connectivity index (χ0v) is 17.6. The third-order valence-corrected chi connectivity index (χ3v) is 7.15. The normalized spacial score (nSPS) is 30.0. The first-order valence-corrected chi connectivity index (χ1v) is 11.2. The number of benzene rings is 1. The molecule has 3 aliphatic carbocycles. The number of fused-ring (bicyclic) bond motifs is 3. The van der Waals surface area contributed by atoms with Crippen LogP contribution in [0.25, 0.3) is 0 Å². The van der Waals surface area contributed by atoms with Gasteiger partial charge in [-0.15, -0.1) is 0 Å². The molecule has 6 heteroatoms. The van der Waals surface area contributed by atoms with Gasteiger partial charge in [-0.05, 0) is 63.4 Å². The second kappa shape index (κ2) is 8.34. The van der Waals surface area contributed by atoms with Crippen LogP contribution >= 0.6 is 0 Å². The first kappa shape index (κ1) is 20.2. The average Bonchev–Trinajstić information content (AvgIpc) is 2.74. The zero-order valence-electron chi connectivity index (χ0n) is 17.6. The number of ether oxygens (including phenoxy) is 1. The van der Waals surface area contributed by atoms with Gasteiger partial charge < -0.3 is 20.3 Å². The van der Waals surface area contributed by atoms with Gasteiger partial charge in [0.15, 0.2) is 5.72 Å². The molecule has 3 saturated carbocycles. The van der Waals surface area contributed by atoms with Crippen LogP contribution in [0.4, 0.5) is 0 Å². The fourth-order valence-electron chi connectivity index (χ4n) is 5.47. The fraction of sp³-hybridized carbons (Fsp3) is 0.652. The maximum absolute atomic E-state index is 12.9. The molecule has 4 atom stereocenters.